The van der Waals surface area contributed by atoms with Gasteiger partial charge >= 0.3 is 0 Å². The van der Waals surface area contributed by atoms with Crippen LogP contribution in [-0.4, -0.2) is 58.7 Å². The van der Waals surface area contributed by atoms with Gasteiger partial charge in [-0.3, -0.25) is 0 Å². The summed E-state index contributed by atoms with van der Waals surface area (Å²) in [6.45, 7) is 1.17. The van der Waals surface area contributed by atoms with Gasteiger partial charge in [-0.05, 0) is 40.2 Å². The SMILES string of the molecule is CN(C1CN(c2ccc3nncn3n2)C1)S(=O)(=O)c1ccccc1Br. The molecule has 1 aromatic carbocycles. The summed E-state index contributed by atoms with van der Waals surface area (Å²) < 4.78 is 29.2. The molecule has 0 spiro atoms. The number of likely N-dealkylation sites (N-methyl/N-ethyl adjacent to an activating group) is 1. The first-order valence-corrected chi connectivity index (χ1v) is 9.85. The van der Waals surface area contributed by atoms with Crippen molar-refractivity contribution >= 4 is 37.4 Å². The molecule has 130 valence electrons. The molecular formula is C15H15BrN6O2S. The second-order valence-electron chi connectivity index (χ2n) is 5.84. The minimum absolute atomic E-state index is 0.101. The molecule has 4 rings (SSSR count). The van der Waals surface area contributed by atoms with Gasteiger partial charge in [0.05, 0.1) is 10.9 Å². The van der Waals surface area contributed by atoms with E-state index in [1.165, 1.54) is 4.31 Å². The van der Waals surface area contributed by atoms with E-state index in [1.807, 2.05) is 17.0 Å². The van der Waals surface area contributed by atoms with Gasteiger partial charge in [0.25, 0.3) is 0 Å². The van der Waals surface area contributed by atoms with Gasteiger partial charge in [0.1, 0.15) is 12.1 Å². The van der Waals surface area contributed by atoms with Gasteiger partial charge in [-0.25, -0.2) is 8.42 Å². The normalized spacial score (nSPS) is 15.7. The zero-order chi connectivity index (χ0) is 17.6. The smallest absolute Gasteiger partial charge is 0.244 e. The fourth-order valence-corrected chi connectivity index (χ4v) is 5.06. The average Bonchev–Trinajstić information content (AvgIpc) is 3.01. The van der Waals surface area contributed by atoms with E-state index in [-0.39, 0.29) is 10.9 Å². The minimum Gasteiger partial charge on any atom is -0.352 e. The molecule has 1 saturated heterocycles. The van der Waals surface area contributed by atoms with E-state index in [0.717, 1.165) is 5.82 Å². The van der Waals surface area contributed by atoms with Crippen molar-refractivity contribution in [2.24, 2.45) is 0 Å². The number of nitrogens with zero attached hydrogens (tertiary/aromatic N) is 6. The third kappa shape index (κ3) is 2.79. The van der Waals surface area contributed by atoms with Gasteiger partial charge < -0.3 is 4.90 Å². The van der Waals surface area contributed by atoms with Gasteiger partial charge in [-0.1, -0.05) is 12.1 Å². The topological polar surface area (TPSA) is 83.7 Å². The zero-order valence-corrected chi connectivity index (χ0v) is 15.7. The Morgan fingerprint density at radius 1 is 1.20 bits per heavy atom. The third-order valence-electron chi connectivity index (χ3n) is 4.34. The number of anilines is 1. The van der Waals surface area contributed by atoms with Crippen LogP contribution in [0, 0.1) is 0 Å². The number of benzene rings is 1. The van der Waals surface area contributed by atoms with Crippen LogP contribution in [0.1, 0.15) is 0 Å². The molecule has 0 radical (unpaired) electrons. The van der Waals surface area contributed by atoms with E-state index in [9.17, 15) is 8.42 Å². The maximum atomic E-state index is 12.8. The molecule has 0 aliphatic carbocycles. The summed E-state index contributed by atoms with van der Waals surface area (Å²) >= 11 is 3.32. The number of fused-ring (bicyclic) bond motifs is 1. The molecule has 1 fully saturated rings. The summed E-state index contributed by atoms with van der Waals surface area (Å²) in [4.78, 5) is 2.30. The Bertz CT molecular complexity index is 1030. The van der Waals surface area contributed by atoms with E-state index < -0.39 is 10.0 Å². The molecule has 0 saturated carbocycles. The maximum Gasteiger partial charge on any atom is 0.244 e. The van der Waals surface area contributed by atoms with E-state index in [0.29, 0.717) is 23.2 Å². The van der Waals surface area contributed by atoms with Crippen LogP contribution in [0.2, 0.25) is 0 Å². The third-order valence-corrected chi connectivity index (χ3v) is 7.26. The summed E-state index contributed by atoms with van der Waals surface area (Å²) in [5.74, 6) is 0.773. The molecule has 10 heteroatoms. The lowest BCUT2D eigenvalue weighted by atomic mass is 10.1. The second kappa shape index (κ2) is 6.04. The van der Waals surface area contributed by atoms with Crippen molar-refractivity contribution < 1.29 is 8.42 Å². The van der Waals surface area contributed by atoms with Crippen molar-refractivity contribution in [1.82, 2.24) is 24.1 Å². The Labute approximate surface area is 153 Å². The van der Waals surface area contributed by atoms with E-state index in [1.54, 1.807) is 42.2 Å². The summed E-state index contributed by atoms with van der Waals surface area (Å²) in [5, 5.41) is 12.2. The van der Waals surface area contributed by atoms with E-state index in [2.05, 4.69) is 31.2 Å². The molecule has 1 aliphatic rings. The lowest BCUT2D eigenvalue weighted by Crippen LogP contribution is -2.60. The number of hydrogen-bond donors (Lipinski definition) is 0. The van der Waals surface area contributed by atoms with Crippen LogP contribution in [-0.2, 0) is 10.0 Å². The van der Waals surface area contributed by atoms with Crippen LogP contribution in [0.5, 0.6) is 0 Å². The van der Waals surface area contributed by atoms with Crippen molar-refractivity contribution in [2.75, 3.05) is 25.0 Å². The minimum atomic E-state index is -3.55. The van der Waals surface area contributed by atoms with Crippen molar-refractivity contribution in [3.8, 4) is 0 Å². The fourth-order valence-electron chi connectivity index (χ4n) is 2.76. The maximum absolute atomic E-state index is 12.8. The van der Waals surface area contributed by atoms with Gasteiger partial charge in [-0.15, -0.1) is 15.3 Å². The number of sulfonamides is 1. The van der Waals surface area contributed by atoms with Crippen molar-refractivity contribution in [2.45, 2.75) is 10.9 Å². The van der Waals surface area contributed by atoms with Crippen molar-refractivity contribution in [1.29, 1.82) is 0 Å². The number of aromatic nitrogens is 4. The molecule has 25 heavy (non-hydrogen) atoms. The number of rotatable bonds is 4. The Morgan fingerprint density at radius 3 is 2.72 bits per heavy atom. The van der Waals surface area contributed by atoms with Crippen LogP contribution in [0.4, 0.5) is 5.82 Å². The molecule has 3 aromatic rings. The lowest BCUT2D eigenvalue weighted by Gasteiger charge is -2.43. The molecule has 0 atom stereocenters. The predicted octanol–water partition coefficient (Wildman–Crippen LogP) is 1.40. The van der Waals surface area contributed by atoms with Gasteiger partial charge in [0.15, 0.2) is 5.65 Å². The Kier molecular flexibility index (Phi) is 3.97. The summed E-state index contributed by atoms with van der Waals surface area (Å²) in [6.07, 6.45) is 1.54. The second-order valence-corrected chi connectivity index (χ2v) is 8.66. The quantitative estimate of drug-likeness (QED) is 0.631. The lowest BCUT2D eigenvalue weighted by molar-refractivity contribution is 0.309. The first-order valence-electron chi connectivity index (χ1n) is 7.61. The summed E-state index contributed by atoms with van der Waals surface area (Å²) in [7, 11) is -1.93. The van der Waals surface area contributed by atoms with E-state index >= 15 is 0 Å². The molecule has 0 bridgehead atoms. The molecule has 8 nitrogen and oxygen atoms in total. The number of halogens is 1. The van der Waals surface area contributed by atoms with E-state index in [4.69, 9.17) is 0 Å². The Morgan fingerprint density at radius 2 is 1.96 bits per heavy atom. The molecule has 0 N–H and O–H groups in total. The van der Waals surface area contributed by atoms with Crippen LogP contribution >= 0.6 is 15.9 Å². The number of hydrogen-bond acceptors (Lipinski definition) is 6. The van der Waals surface area contributed by atoms with Gasteiger partial charge in [-0.2, -0.15) is 8.82 Å². The zero-order valence-electron chi connectivity index (χ0n) is 13.3. The van der Waals surface area contributed by atoms with Gasteiger partial charge in [0.2, 0.25) is 10.0 Å². The molecule has 0 amide bonds. The summed E-state index contributed by atoms with van der Waals surface area (Å²) in [5.41, 5.74) is 0.675. The summed E-state index contributed by atoms with van der Waals surface area (Å²) in [6, 6.07) is 10.4. The Hall–Kier alpha value is -2.04. The average molecular weight is 423 g/mol. The van der Waals surface area contributed by atoms with Crippen LogP contribution < -0.4 is 4.90 Å². The fraction of sp³-hybridized carbons (Fsp3) is 0.267. The molecule has 2 aromatic heterocycles. The Balaban J connectivity index is 1.50. The molecular weight excluding hydrogens is 408 g/mol. The molecule has 3 heterocycles. The van der Waals surface area contributed by atoms with Crippen molar-refractivity contribution in [3.05, 3.63) is 47.2 Å². The van der Waals surface area contributed by atoms with Crippen molar-refractivity contribution in [3.63, 3.8) is 0 Å². The largest absolute Gasteiger partial charge is 0.352 e. The highest BCUT2D eigenvalue weighted by Crippen LogP contribution is 2.28. The standard InChI is InChI=1S/C15H15BrN6O2S/c1-20(25(23,24)13-5-3-2-4-12(13)16)11-8-21(9-11)15-7-6-14-18-17-10-22(14)19-15/h2-7,10-11H,8-9H2,1H3. The van der Waals surface area contributed by atoms with Crippen LogP contribution in [0.3, 0.4) is 0 Å². The first kappa shape index (κ1) is 16.4. The predicted molar refractivity (Wildman–Crippen MR) is 95.9 cm³/mol. The monoisotopic (exact) mass is 422 g/mol. The molecule has 0 unspecified atom stereocenters. The first-order chi connectivity index (χ1) is 12.0. The highest BCUT2D eigenvalue weighted by Gasteiger charge is 2.37. The highest BCUT2D eigenvalue weighted by atomic mass is 79.9. The van der Waals surface area contributed by atoms with Gasteiger partial charge in [0, 0.05) is 24.6 Å². The molecule has 1 aliphatic heterocycles. The highest BCUT2D eigenvalue weighted by molar-refractivity contribution is 9.10. The van der Waals surface area contributed by atoms with Crippen LogP contribution in [0.15, 0.2) is 52.1 Å². The van der Waals surface area contributed by atoms with Crippen LogP contribution in [0.25, 0.3) is 5.65 Å².